The third-order valence-corrected chi connectivity index (χ3v) is 4.22. The van der Waals surface area contributed by atoms with Gasteiger partial charge in [0.25, 0.3) is 0 Å². The van der Waals surface area contributed by atoms with E-state index >= 15 is 0 Å². The molecule has 23 heavy (non-hydrogen) atoms. The lowest BCUT2D eigenvalue weighted by Gasteiger charge is -2.24. The monoisotopic (exact) mass is 320 g/mol. The zero-order valence-electron chi connectivity index (χ0n) is 14.4. The number of nitrogens with zero attached hydrogens (tertiary/aromatic N) is 2. The molecule has 0 bridgehead atoms. The van der Waals surface area contributed by atoms with E-state index in [2.05, 4.69) is 0 Å². The van der Waals surface area contributed by atoms with Gasteiger partial charge in [0, 0.05) is 32.6 Å². The molecule has 1 aliphatic rings. The summed E-state index contributed by atoms with van der Waals surface area (Å²) < 4.78 is 5.73. The SMILES string of the molecule is Cc1ccc(C)c(OCC(O)CN(C)CCN2CCCC2=O)c1. The van der Waals surface area contributed by atoms with Crippen LogP contribution in [-0.4, -0.2) is 66.8 Å². The van der Waals surface area contributed by atoms with E-state index < -0.39 is 6.10 Å². The first-order valence-electron chi connectivity index (χ1n) is 8.30. The van der Waals surface area contributed by atoms with E-state index in [9.17, 15) is 9.90 Å². The molecule has 1 fully saturated rings. The van der Waals surface area contributed by atoms with Gasteiger partial charge in [0.15, 0.2) is 0 Å². The minimum Gasteiger partial charge on any atom is -0.491 e. The van der Waals surface area contributed by atoms with Gasteiger partial charge in [-0.15, -0.1) is 0 Å². The number of ether oxygens (including phenoxy) is 1. The lowest BCUT2D eigenvalue weighted by molar-refractivity contribution is -0.127. The first-order chi connectivity index (χ1) is 11.0. The molecule has 1 amide bonds. The number of carbonyl (C=O) groups is 1. The van der Waals surface area contributed by atoms with Crippen LogP contribution in [0.3, 0.4) is 0 Å². The van der Waals surface area contributed by atoms with E-state index in [0.717, 1.165) is 42.9 Å². The van der Waals surface area contributed by atoms with Gasteiger partial charge in [-0.25, -0.2) is 0 Å². The first-order valence-corrected chi connectivity index (χ1v) is 8.30. The molecule has 1 aliphatic heterocycles. The Kier molecular flexibility index (Phi) is 6.42. The average Bonchev–Trinajstić information content (AvgIpc) is 2.91. The number of likely N-dealkylation sites (N-methyl/N-ethyl adjacent to an activating group) is 1. The molecule has 5 heteroatoms. The van der Waals surface area contributed by atoms with Crippen molar-refractivity contribution in [2.75, 3.05) is 39.8 Å². The van der Waals surface area contributed by atoms with E-state index in [1.54, 1.807) is 0 Å². The summed E-state index contributed by atoms with van der Waals surface area (Å²) in [4.78, 5) is 15.5. The zero-order chi connectivity index (χ0) is 16.8. The number of aliphatic hydroxyl groups is 1. The van der Waals surface area contributed by atoms with E-state index in [-0.39, 0.29) is 12.5 Å². The van der Waals surface area contributed by atoms with Crippen LogP contribution < -0.4 is 4.74 Å². The molecular weight excluding hydrogens is 292 g/mol. The number of benzene rings is 1. The Morgan fingerprint density at radius 1 is 1.39 bits per heavy atom. The van der Waals surface area contributed by atoms with Crippen LogP contribution in [0.15, 0.2) is 18.2 Å². The number of aliphatic hydroxyl groups excluding tert-OH is 1. The summed E-state index contributed by atoms with van der Waals surface area (Å²) in [6.07, 6.45) is 1.10. The predicted octanol–water partition coefficient (Wildman–Crippen LogP) is 1.60. The van der Waals surface area contributed by atoms with E-state index in [1.165, 1.54) is 0 Å². The normalized spacial score (nSPS) is 16.2. The molecule has 1 aromatic rings. The molecule has 2 rings (SSSR count). The third kappa shape index (κ3) is 5.52. The highest BCUT2D eigenvalue weighted by molar-refractivity contribution is 5.78. The van der Waals surface area contributed by atoms with Gasteiger partial charge in [-0.05, 0) is 44.5 Å². The molecule has 1 saturated heterocycles. The van der Waals surface area contributed by atoms with Crippen molar-refractivity contribution in [1.82, 2.24) is 9.80 Å². The van der Waals surface area contributed by atoms with Crippen LogP contribution in [0.4, 0.5) is 0 Å². The molecule has 1 atom stereocenters. The van der Waals surface area contributed by atoms with Gasteiger partial charge in [-0.1, -0.05) is 12.1 Å². The second-order valence-electron chi connectivity index (χ2n) is 6.48. The first kappa shape index (κ1) is 17.8. The van der Waals surface area contributed by atoms with Crippen LogP contribution in [-0.2, 0) is 4.79 Å². The maximum atomic E-state index is 11.6. The molecule has 5 nitrogen and oxygen atoms in total. The number of hydrogen-bond acceptors (Lipinski definition) is 4. The highest BCUT2D eigenvalue weighted by atomic mass is 16.5. The summed E-state index contributed by atoms with van der Waals surface area (Å²) in [6, 6.07) is 6.06. The minimum atomic E-state index is -0.547. The Morgan fingerprint density at radius 2 is 2.17 bits per heavy atom. The molecule has 0 aliphatic carbocycles. The fourth-order valence-corrected chi connectivity index (χ4v) is 2.78. The number of rotatable bonds is 8. The van der Waals surface area contributed by atoms with E-state index in [4.69, 9.17) is 4.74 Å². The van der Waals surface area contributed by atoms with Crippen molar-refractivity contribution in [2.24, 2.45) is 0 Å². The van der Waals surface area contributed by atoms with Gasteiger partial charge in [-0.2, -0.15) is 0 Å². The van der Waals surface area contributed by atoms with Crippen LogP contribution in [0.5, 0.6) is 5.75 Å². The molecular formula is C18H28N2O3. The Morgan fingerprint density at radius 3 is 2.87 bits per heavy atom. The summed E-state index contributed by atoms with van der Waals surface area (Å²) in [5, 5.41) is 10.1. The maximum absolute atomic E-state index is 11.6. The lowest BCUT2D eigenvalue weighted by atomic mass is 10.1. The Bertz CT molecular complexity index is 533. The van der Waals surface area contributed by atoms with Crippen LogP contribution in [0.1, 0.15) is 24.0 Å². The largest absolute Gasteiger partial charge is 0.491 e. The number of aryl methyl sites for hydroxylation is 2. The van der Waals surface area contributed by atoms with Crippen molar-refractivity contribution in [3.63, 3.8) is 0 Å². The van der Waals surface area contributed by atoms with Crippen molar-refractivity contribution in [3.05, 3.63) is 29.3 Å². The predicted molar refractivity (Wildman–Crippen MR) is 90.7 cm³/mol. The quantitative estimate of drug-likeness (QED) is 0.790. The van der Waals surface area contributed by atoms with Crippen LogP contribution in [0, 0.1) is 13.8 Å². The third-order valence-electron chi connectivity index (χ3n) is 4.22. The zero-order valence-corrected chi connectivity index (χ0v) is 14.4. The summed E-state index contributed by atoms with van der Waals surface area (Å²) in [7, 11) is 1.96. The Hall–Kier alpha value is -1.59. The van der Waals surface area contributed by atoms with Gasteiger partial charge in [0.2, 0.25) is 5.91 Å². The summed E-state index contributed by atoms with van der Waals surface area (Å²) >= 11 is 0. The Balaban J connectivity index is 1.70. The second-order valence-corrected chi connectivity index (χ2v) is 6.48. The summed E-state index contributed by atoms with van der Waals surface area (Å²) in [5.41, 5.74) is 2.22. The molecule has 0 saturated carbocycles. The number of likely N-dealkylation sites (tertiary alicyclic amines) is 1. The van der Waals surface area contributed by atoms with Crippen LogP contribution in [0.25, 0.3) is 0 Å². The van der Waals surface area contributed by atoms with Gasteiger partial charge in [0.1, 0.15) is 18.5 Å². The summed E-state index contributed by atoms with van der Waals surface area (Å²) in [6.45, 7) is 7.21. The van der Waals surface area contributed by atoms with Crippen molar-refractivity contribution in [2.45, 2.75) is 32.8 Å². The fraction of sp³-hybridized carbons (Fsp3) is 0.611. The van der Waals surface area contributed by atoms with Crippen LogP contribution in [0.2, 0.25) is 0 Å². The molecule has 128 valence electrons. The van der Waals surface area contributed by atoms with Gasteiger partial charge >= 0.3 is 0 Å². The highest BCUT2D eigenvalue weighted by Crippen LogP contribution is 2.19. The molecule has 0 radical (unpaired) electrons. The van der Waals surface area contributed by atoms with Crippen molar-refractivity contribution in [1.29, 1.82) is 0 Å². The van der Waals surface area contributed by atoms with Crippen LogP contribution >= 0.6 is 0 Å². The van der Waals surface area contributed by atoms with Gasteiger partial charge in [0.05, 0.1) is 0 Å². The molecule has 1 unspecified atom stereocenters. The van der Waals surface area contributed by atoms with Crippen molar-refractivity contribution < 1.29 is 14.6 Å². The molecule has 1 heterocycles. The maximum Gasteiger partial charge on any atom is 0.222 e. The second kappa shape index (κ2) is 8.31. The Labute approximate surface area is 138 Å². The van der Waals surface area contributed by atoms with E-state index in [1.807, 2.05) is 48.9 Å². The minimum absolute atomic E-state index is 0.247. The molecule has 0 aromatic heterocycles. The fourth-order valence-electron chi connectivity index (χ4n) is 2.78. The van der Waals surface area contributed by atoms with Gasteiger partial charge in [-0.3, -0.25) is 4.79 Å². The van der Waals surface area contributed by atoms with Crippen molar-refractivity contribution in [3.8, 4) is 5.75 Å². The lowest BCUT2D eigenvalue weighted by Crippen LogP contribution is -2.38. The molecule has 0 spiro atoms. The van der Waals surface area contributed by atoms with E-state index in [0.29, 0.717) is 13.0 Å². The van der Waals surface area contributed by atoms with Gasteiger partial charge < -0.3 is 19.6 Å². The highest BCUT2D eigenvalue weighted by Gasteiger charge is 2.20. The standard InChI is InChI=1S/C18H28N2O3/c1-14-6-7-15(2)17(11-14)23-13-16(21)12-19(3)9-10-20-8-4-5-18(20)22/h6-7,11,16,21H,4-5,8-10,12-13H2,1-3H3. The molecule has 1 N–H and O–H groups in total. The average molecular weight is 320 g/mol. The molecule has 1 aromatic carbocycles. The van der Waals surface area contributed by atoms with Crippen molar-refractivity contribution >= 4 is 5.91 Å². The topological polar surface area (TPSA) is 53.0 Å². The number of hydrogen-bond donors (Lipinski definition) is 1. The smallest absolute Gasteiger partial charge is 0.222 e. The summed E-state index contributed by atoms with van der Waals surface area (Å²) in [5.74, 6) is 1.08. The number of amides is 1. The number of carbonyl (C=O) groups excluding carboxylic acids is 1.